The van der Waals surface area contributed by atoms with E-state index in [1.54, 1.807) is 24.3 Å². The SMILES string of the molecule is Cc1cccc(C(=O)Nc2cc(C(=O)O)ccc2N2CCN(c3cccc(C)c3)C(C)C2)c1. The van der Waals surface area contributed by atoms with Crippen LogP contribution in [0.1, 0.15) is 38.8 Å². The maximum atomic E-state index is 12.9. The first kappa shape index (κ1) is 22.4. The van der Waals surface area contributed by atoms with Gasteiger partial charge < -0.3 is 20.2 Å². The Bertz CT molecular complexity index is 1190. The molecular weight excluding hydrogens is 414 g/mol. The lowest BCUT2D eigenvalue weighted by Gasteiger charge is -2.43. The third-order valence-electron chi connectivity index (χ3n) is 6.07. The highest BCUT2D eigenvalue weighted by molar-refractivity contribution is 6.07. The summed E-state index contributed by atoms with van der Waals surface area (Å²) in [7, 11) is 0. The van der Waals surface area contributed by atoms with Crippen molar-refractivity contribution in [3.8, 4) is 0 Å². The highest BCUT2D eigenvalue weighted by Gasteiger charge is 2.26. The molecule has 6 nitrogen and oxygen atoms in total. The van der Waals surface area contributed by atoms with Crippen molar-refractivity contribution in [3.63, 3.8) is 0 Å². The van der Waals surface area contributed by atoms with Crippen molar-refractivity contribution in [3.05, 3.63) is 89.0 Å². The number of anilines is 3. The quantitative estimate of drug-likeness (QED) is 0.583. The largest absolute Gasteiger partial charge is 0.478 e. The average Bonchev–Trinajstić information content (AvgIpc) is 2.79. The number of hydrogen-bond donors (Lipinski definition) is 2. The second-order valence-corrected chi connectivity index (χ2v) is 8.69. The van der Waals surface area contributed by atoms with Gasteiger partial charge in [0.15, 0.2) is 0 Å². The van der Waals surface area contributed by atoms with Crippen LogP contribution in [0.5, 0.6) is 0 Å². The number of piperazine rings is 1. The molecule has 0 spiro atoms. The maximum Gasteiger partial charge on any atom is 0.335 e. The fraction of sp³-hybridized carbons (Fsp3) is 0.259. The van der Waals surface area contributed by atoms with Crippen LogP contribution in [0.3, 0.4) is 0 Å². The second-order valence-electron chi connectivity index (χ2n) is 8.69. The molecule has 0 radical (unpaired) electrons. The maximum absolute atomic E-state index is 12.9. The summed E-state index contributed by atoms with van der Waals surface area (Å²) in [6.45, 7) is 8.56. The monoisotopic (exact) mass is 443 g/mol. The van der Waals surface area contributed by atoms with Gasteiger partial charge in [0.1, 0.15) is 0 Å². The molecule has 1 amide bonds. The van der Waals surface area contributed by atoms with Crippen LogP contribution in [-0.4, -0.2) is 42.7 Å². The molecule has 0 saturated carbocycles. The zero-order valence-corrected chi connectivity index (χ0v) is 19.2. The zero-order valence-electron chi connectivity index (χ0n) is 19.2. The number of carboxylic acid groups (broad SMARTS) is 1. The van der Waals surface area contributed by atoms with Crippen molar-refractivity contribution in [2.45, 2.75) is 26.8 Å². The minimum absolute atomic E-state index is 0.143. The van der Waals surface area contributed by atoms with Crippen LogP contribution in [0.4, 0.5) is 17.1 Å². The van der Waals surface area contributed by atoms with Gasteiger partial charge in [-0.25, -0.2) is 4.79 Å². The fourth-order valence-corrected chi connectivity index (χ4v) is 4.39. The molecule has 2 N–H and O–H groups in total. The third-order valence-corrected chi connectivity index (χ3v) is 6.07. The summed E-state index contributed by atoms with van der Waals surface area (Å²) in [4.78, 5) is 29.1. The molecule has 3 aromatic carbocycles. The van der Waals surface area contributed by atoms with Gasteiger partial charge in [0, 0.05) is 36.9 Å². The molecule has 4 rings (SSSR count). The topological polar surface area (TPSA) is 72.9 Å². The van der Waals surface area contributed by atoms with Gasteiger partial charge in [-0.05, 0) is 68.8 Å². The number of aromatic carboxylic acids is 1. The van der Waals surface area contributed by atoms with E-state index in [4.69, 9.17) is 0 Å². The first-order valence-electron chi connectivity index (χ1n) is 11.2. The van der Waals surface area contributed by atoms with E-state index >= 15 is 0 Å². The van der Waals surface area contributed by atoms with Crippen molar-refractivity contribution in [2.24, 2.45) is 0 Å². The van der Waals surface area contributed by atoms with E-state index < -0.39 is 5.97 Å². The zero-order chi connectivity index (χ0) is 23.5. The summed E-state index contributed by atoms with van der Waals surface area (Å²) < 4.78 is 0. The van der Waals surface area contributed by atoms with Crippen LogP contribution in [0.25, 0.3) is 0 Å². The standard InChI is InChI=1S/C27H29N3O3/c1-18-6-4-8-21(14-18)26(31)28-24-16-22(27(32)33)10-11-25(24)29-12-13-30(20(3)17-29)23-9-5-7-19(2)15-23/h4-11,14-16,20H,12-13,17H2,1-3H3,(H,28,31)(H,32,33). The lowest BCUT2D eigenvalue weighted by atomic mass is 10.1. The Morgan fingerprint density at radius 1 is 0.909 bits per heavy atom. The molecule has 1 aliphatic rings. The molecule has 3 aromatic rings. The Morgan fingerprint density at radius 3 is 2.30 bits per heavy atom. The number of amides is 1. The van der Waals surface area contributed by atoms with E-state index in [2.05, 4.69) is 53.2 Å². The molecule has 0 aliphatic carbocycles. The first-order valence-corrected chi connectivity index (χ1v) is 11.2. The van der Waals surface area contributed by atoms with Gasteiger partial charge in [-0.3, -0.25) is 4.79 Å². The summed E-state index contributed by atoms with van der Waals surface area (Å²) in [5.74, 6) is -1.28. The van der Waals surface area contributed by atoms with E-state index in [0.717, 1.165) is 30.9 Å². The predicted molar refractivity (Wildman–Crippen MR) is 133 cm³/mol. The fourth-order valence-electron chi connectivity index (χ4n) is 4.39. The summed E-state index contributed by atoms with van der Waals surface area (Å²) in [5.41, 5.74) is 5.45. The highest BCUT2D eigenvalue weighted by Crippen LogP contribution is 2.31. The number of aryl methyl sites for hydroxylation is 2. The number of carbonyl (C=O) groups is 2. The second kappa shape index (κ2) is 9.36. The Hall–Kier alpha value is -3.80. The Kier molecular flexibility index (Phi) is 6.36. The number of nitrogens with one attached hydrogen (secondary N) is 1. The minimum atomic E-state index is -1.02. The van der Waals surface area contributed by atoms with Gasteiger partial charge in [0.05, 0.1) is 16.9 Å². The average molecular weight is 444 g/mol. The molecule has 33 heavy (non-hydrogen) atoms. The van der Waals surface area contributed by atoms with Gasteiger partial charge in [0.25, 0.3) is 5.91 Å². The molecule has 1 aliphatic heterocycles. The molecule has 1 atom stereocenters. The van der Waals surface area contributed by atoms with Crippen molar-refractivity contribution in [1.82, 2.24) is 0 Å². The van der Waals surface area contributed by atoms with E-state index in [1.165, 1.54) is 11.3 Å². The van der Waals surface area contributed by atoms with E-state index in [-0.39, 0.29) is 17.5 Å². The number of nitrogens with zero attached hydrogens (tertiary/aromatic N) is 2. The highest BCUT2D eigenvalue weighted by atomic mass is 16.4. The number of rotatable bonds is 5. The molecule has 0 bridgehead atoms. The normalized spacial score (nSPS) is 15.9. The van der Waals surface area contributed by atoms with Gasteiger partial charge in [-0.1, -0.05) is 29.8 Å². The van der Waals surface area contributed by atoms with Crippen LogP contribution >= 0.6 is 0 Å². The molecule has 170 valence electrons. The Balaban J connectivity index is 1.59. The molecule has 6 heteroatoms. The smallest absolute Gasteiger partial charge is 0.335 e. The number of carbonyl (C=O) groups excluding carboxylic acids is 1. The minimum Gasteiger partial charge on any atom is -0.478 e. The molecule has 0 aromatic heterocycles. The summed E-state index contributed by atoms with van der Waals surface area (Å²) in [6, 6.07) is 21.0. The van der Waals surface area contributed by atoms with Crippen molar-refractivity contribution < 1.29 is 14.7 Å². The lowest BCUT2D eigenvalue weighted by molar-refractivity contribution is 0.0696. The van der Waals surface area contributed by atoms with Crippen molar-refractivity contribution in [1.29, 1.82) is 0 Å². The van der Waals surface area contributed by atoms with Crippen LogP contribution in [0.2, 0.25) is 0 Å². The first-order chi connectivity index (χ1) is 15.8. The number of benzene rings is 3. The van der Waals surface area contributed by atoms with Crippen LogP contribution in [-0.2, 0) is 0 Å². The van der Waals surface area contributed by atoms with E-state index in [9.17, 15) is 14.7 Å². The van der Waals surface area contributed by atoms with Gasteiger partial charge in [-0.15, -0.1) is 0 Å². The molecule has 1 fully saturated rings. The van der Waals surface area contributed by atoms with Crippen LogP contribution < -0.4 is 15.1 Å². The molecule has 1 saturated heterocycles. The summed E-state index contributed by atoms with van der Waals surface area (Å²) in [6.07, 6.45) is 0. The van der Waals surface area contributed by atoms with Gasteiger partial charge in [0.2, 0.25) is 0 Å². The van der Waals surface area contributed by atoms with Crippen LogP contribution in [0, 0.1) is 13.8 Å². The van der Waals surface area contributed by atoms with Crippen molar-refractivity contribution >= 4 is 28.9 Å². The van der Waals surface area contributed by atoms with Crippen molar-refractivity contribution in [2.75, 3.05) is 34.8 Å². The third kappa shape index (κ3) is 5.00. The Morgan fingerprint density at radius 2 is 1.64 bits per heavy atom. The molecule has 1 unspecified atom stereocenters. The number of hydrogen-bond acceptors (Lipinski definition) is 4. The van der Waals surface area contributed by atoms with Gasteiger partial charge >= 0.3 is 5.97 Å². The van der Waals surface area contributed by atoms with E-state index in [1.807, 2.05) is 25.1 Å². The summed E-state index contributed by atoms with van der Waals surface area (Å²) in [5, 5.41) is 12.4. The van der Waals surface area contributed by atoms with Crippen LogP contribution in [0.15, 0.2) is 66.7 Å². The number of carboxylic acids is 1. The van der Waals surface area contributed by atoms with E-state index in [0.29, 0.717) is 11.3 Å². The van der Waals surface area contributed by atoms with Gasteiger partial charge in [-0.2, -0.15) is 0 Å². The molecule has 1 heterocycles. The predicted octanol–water partition coefficient (Wildman–Crippen LogP) is 4.97. The lowest BCUT2D eigenvalue weighted by Crippen LogP contribution is -2.52. The Labute approximate surface area is 194 Å². The summed E-state index contributed by atoms with van der Waals surface area (Å²) >= 11 is 0. The molecular formula is C27H29N3O3.